The maximum Gasteiger partial charge on any atom is 0.322 e. The summed E-state index contributed by atoms with van der Waals surface area (Å²) in [4.78, 5) is 11.4. The second kappa shape index (κ2) is 2.95. The molecule has 2 aliphatic rings. The Balaban J connectivity index is 1.82. The number of carbonyl (C=O) groups excluding carboxylic acids is 1. The van der Waals surface area contributed by atoms with Crippen LogP contribution in [0, 0.1) is 0 Å². The second-order valence-electron chi connectivity index (χ2n) is 3.84. The highest BCUT2D eigenvalue weighted by Crippen LogP contribution is 2.43. The zero-order chi connectivity index (χ0) is 8.60. The predicted octanol–water partition coefficient (Wildman–Crippen LogP) is 1.93. The molecular weight excluding hydrogens is 172 g/mol. The van der Waals surface area contributed by atoms with Crippen molar-refractivity contribution in [1.29, 1.82) is 0 Å². The summed E-state index contributed by atoms with van der Waals surface area (Å²) in [6.07, 6.45) is 6.49. The summed E-state index contributed by atoms with van der Waals surface area (Å²) in [5.74, 6) is -0.0854. The van der Waals surface area contributed by atoms with E-state index >= 15 is 0 Å². The fraction of sp³-hybridized carbons (Fsp3) is 0.889. The number of carbonyl (C=O) groups is 1. The van der Waals surface area contributed by atoms with Gasteiger partial charge in [-0.15, -0.1) is 0 Å². The van der Waals surface area contributed by atoms with E-state index in [2.05, 4.69) is 12.6 Å². The lowest BCUT2D eigenvalue weighted by molar-refractivity contribution is -0.148. The van der Waals surface area contributed by atoms with Crippen LogP contribution in [0.4, 0.5) is 0 Å². The highest BCUT2D eigenvalue weighted by molar-refractivity contribution is 7.83. The molecule has 0 aromatic heterocycles. The lowest BCUT2D eigenvalue weighted by Gasteiger charge is -2.13. The lowest BCUT2D eigenvalue weighted by atomic mass is 10.3. The molecule has 0 aliphatic heterocycles. The lowest BCUT2D eigenvalue weighted by Crippen LogP contribution is -2.24. The van der Waals surface area contributed by atoms with Crippen LogP contribution >= 0.6 is 12.6 Å². The van der Waals surface area contributed by atoms with Crippen molar-refractivity contribution in [3.63, 3.8) is 0 Å². The Hall–Kier alpha value is -0.180. The number of hydrogen-bond donors (Lipinski definition) is 1. The van der Waals surface area contributed by atoms with E-state index in [0.717, 1.165) is 25.7 Å². The third-order valence-electron chi connectivity index (χ3n) is 2.68. The molecule has 2 fully saturated rings. The van der Waals surface area contributed by atoms with Gasteiger partial charge in [-0.1, -0.05) is 0 Å². The Morgan fingerprint density at radius 1 is 1.33 bits per heavy atom. The molecule has 2 aliphatic carbocycles. The van der Waals surface area contributed by atoms with Gasteiger partial charge in [0, 0.05) is 0 Å². The average molecular weight is 186 g/mol. The van der Waals surface area contributed by atoms with E-state index in [4.69, 9.17) is 4.74 Å². The van der Waals surface area contributed by atoms with Crippen molar-refractivity contribution in [1.82, 2.24) is 0 Å². The number of ether oxygens (including phenoxy) is 1. The zero-order valence-corrected chi connectivity index (χ0v) is 7.98. The van der Waals surface area contributed by atoms with Crippen molar-refractivity contribution in [2.24, 2.45) is 0 Å². The minimum absolute atomic E-state index is 0.0854. The Morgan fingerprint density at radius 3 is 2.42 bits per heavy atom. The van der Waals surface area contributed by atoms with Crippen molar-refractivity contribution in [2.75, 3.05) is 0 Å². The SMILES string of the molecule is O=C(OC1CCCC1)C1(S)CC1. The van der Waals surface area contributed by atoms with E-state index < -0.39 is 4.75 Å². The maximum atomic E-state index is 11.4. The van der Waals surface area contributed by atoms with E-state index in [0.29, 0.717) is 0 Å². The summed E-state index contributed by atoms with van der Waals surface area (Å²) in [5, 5.41) is 0. The van der Waals surface area contributed by atoms with Gasteiger partial charge in [0.25, 0.3) is 0 Å². The van der Waals surface area contributed by atoms with Crippen LogP contribution in [-0.2, 0) is 9.53 Å². The normalized spacial score (nSPS) is 27.1. The molecule has 3 heteroatoms. The Morgan fingerprint density at radius 2 is 1.92 bits per heavy atom. The van der Waals surface area contributed by atoms with Crippen LogP contribution in [0.3, 0.4) is 0 Å². The van der Waals surface area contributed by atoms with Crippen molar-refractivity contribution in [3.8, 4) is 0 Å². The van der Waals surface area contributed by atoms with Crippen LogP contribution < -0.4 is 0 Å². The van der Waals surface area contributed by atoms with E-state index in [1.54, 1.807) is 0 Å². The monoisotopic (exact) mass is 186 g/mol. The van der Waals surface area contributed by atoms with Gasteiger partial charge in [-0.25, -0.2) is 0 Å². The van der Waals surface area contributed by atoms with Crippen molar-refractivity contribution >= 4 is 18.6 Å². The molecular formula is C9H14O2S. The number of hydrogen-bond acceptors (Lipinski definition) is 3. The summed E-state index contributed by atoms with van der Waals surface area (Å²) >= 11 is 4.26. The first-order valence-electron chi connectivity index (χ1n) is 4.64. The van der Waals surface area contributed by atoms with Crippen LogP contribution in [0.2, 0.25) is 0 Å². The molecule has 0 unspecified atom stereocenters. The zero-order valence-electron chi connectivity index (χ0n) is 7.08. The van der Waals surface area contributed by atoms with Crippen LogP contribution in [0.5, 0.6) is 0 Å². The Labute approximate surface area is 78.1 Å². The number of esters is 1. The topological polar surface area (TPSA) is 26.3 Å². The van der Waals surface area contributed by atoms with E-state index in [1.807, 2.05) is 0 Å². The molecule has 0 aromatic carbocycles. The summed E-state index contributed by atoms with van der Waals surface area (Å²) in [6, 6.07) is 0. The van der Waals surface area contributed by atoms with E-state index in [9.17, 15) is 4.79 Å². The largest absolute Gasteiger partial charge is 0.461 e. The summed E-state index contributed by atoms with van der Waals surface area (Å²) < 4.78 is 4.92. The standard InChI is InChI=1S/C9H14O2S/c10-8(9(12)5-6-9)11-7-3-1-2-4-7/h7,12H,1-6H2. The highest BCUT2D eigenvalue weighted by Gasteiger charge is 2.48. The summed E-state index contributed by atoms with van der Waals surface area (Å²) in [6.45, 7) is 0. The molecule has 12 heavy (non-hydrogen) atoms. The van der Waals surface area contributed by atoms with Crippen LogP contribution in [0.25, 0.3) is 0 Å². The van der Waals surface area contributed by atoms with Crippen molar-refractivity contribution < 1.29 is 9.53 Å². The number of thiol groups is 1. The van der Waals surface area contributed by atoms with Gasteiger partial charge in [-0.3, -0.25) is 4.79 Å². The third kappa shape index (κ3) is 1.60. The highest BCUT2D eigenvalue weighted by atomic mass is 32.1. The van der Waals surface area contributed by atoms with Gasteiger partial charge in [0.1, 0.15) is 10.9 Å². The number of rotatable bonds is 2. The molecule has 0 atom stereocenters. The molecule has 0 spiro atoms. The minimum atomic E-state index is -0.400. The first-order chi connectivity index (χ1) is 5.71. The quantitative estimate of drug-likeness (QED) is 0.527. The van der Waals surface area contributed by atoms with E-state index in [-0.39, 0.29) is 12.1 Å². The van der Waals surface area contributed by atoms with Gasteiger partial charge in [-0.2, -0.15) is 12.6 Å². The Bertz CT molecular complexity index is 193. The Kier molecular flexibility index (Phi) is 2.07. The van der Waals surface area contributed by atoms with Crippen molar-refractivity contribution in [2.45, 2.75) is 49.4 Å². The smallest absolute Gasteiger partial charge is 0.322 e. The first-order valence-corrected chi connectivity index (χ1v) is 5.09. The molecule has 0 bridgehead atoms. The van der Waals surface area contributed by atoms with Gasteiger partial charge < -0.3 is 4.74 Å². The molecule has 2 nitrogen and oxygen atoms in total. The predicted molar refractivity (Wildman–Crippen MR) is 49.3 cm³/mol. The molecule has 0 heterocycles. The molecule has 0 aromatic rings. The van der Waals surface area contributed by atoms with Gasteiger partial charge in [0.05, 0.1) is 0 Å². The minimum Gasteiger partial charge on any atom is -0.461 e. The fourth-order valence-electron chi connectivity index (χ4n) is 1.59. The molecule has 0 radical (unpaired) electrons. The summed E-state index contributed by atoms with van der Waals surface area (Å²) in [7, 11) is 0. The average Bonchev–Trinajstić information content (AvgIpc) is 2.63. The summed E-state index contributed by atoms with van der Waals surface area (Å²) in [5.41, 5.74) is 0. The third-order valence-corrected chi connectivity index (χ3v) is 3.31. The van der Waals surface area contributed by atoms with Crippen LogP contribution in [0.15, 0.2) is 0 Å². The molecule has 2 saturated carbocycles. The van der Waals surface area contributed by atoms with Gasteiger partial charge in [0.15, 0.2) is 0 Å². The van der Waals surface area contributed by atoms with Crippen LogP contribution in [-0.4, -0.2) is 16.8 Å². The molecule has 68 valence electrons. The molecule has 0 amide bonds. The maximum absolute atomic E-state index is 11.4. The van der Waals surface area contributed by atoms with Gasteiger partial charge in [0.2, 0.25) is 0 Å². The van der Waals surface area contributed by atoms with Gasteiger partial charge >= 0.3 is 5.97 Å². The molecule has 0 N–H and O–H groups in total. The van der Waals surface area contributed by atoms with Crippen molar-refractivity contribution in [3.05, 3.63) is 0 Å². The fourth-order valence-corrected chi connectivity index (χ4v) is 1.75. The first kappa shape index (κ1) is 8.42. The molecule has 0 saturated heterocycles. The van der Waals surface area contributed by atoms with E-state index in [1.165, 1.54) is 12.8 Å². The second-order valence-corrected chi connectivity index (χ2v) is 4.70. The van der Waals surface area contributed by atoms with Crippen LogP contribution in [0.1, 0.15) is 38.5 Å². The molecule has 2 rings (SSSR count). The van der Waals surface area contributed by atoms with Gasteiger partial charge in [-0.05, 0) is 38.5 Å².